The molecule has 4 nitrogen and oxygen atoms in total. The number of likely N-dealkylation sites (N-methyl/N-ethyl adjacent to an activating group) is 2. The number of rotatable bonds is 10. The zero-order valence-electron chi connectivity index (χ0n) is 13.6. The van der Waals surface area contributed by atoms with Gasteiger partial charge in [-0.3, -0.25) is 10.1 Å². The van der Waals surface area contributed by atoms with Crippen molar-refractivity contribution in [2.45, 2.75) is 39.2 Å². The second-order valence-electron chi connectivity index (χ2n) is 5.39. The summed E-state index contributed by atoms with van der Waals surface area (Å²) < 4.78 is 0. The number of hydrogen-bond acceptors (Lipinski definition) is 3. The lowest BCUT2D eigenvalue weighted by atomic mass is 9.88. The van der Waals surface area contributed by atoms with Crippen molar-refractivity contribution in [3.63, 3.8) is 0 Å². The Labute approximate surface area is 128 Å². The van der Waals surface area contributed by atoms with Gasteiger partial charge in [-0.15, -0.1) is 0 Å². The molecule has 1 rings (SSSR count). The van der Waals surface area contributed by atoms with E-state index in [4.69, 9.17) is 5.73 Å². The van der Waals surface area contributed by atoms with Gasteiger partial charge in [0, 0.05) is 6.54 Å². The number of amides is 1. The van der Waals surface area contributed by atoms with Crippen LogP contribution in [0.1, 0.15) is 39.2 Å². The van der Waals surface area contributed by atoms with Crippen LogP contribution in [0, 0.1) is 0 Å². The molecule has 0 bridgehead atoms. The van der Waals surface area contributed by atoms with E-state index in [1.165, 1.54) is 0 Å². The second kappa shape index (κ2) is 8.80. The lowest BCUT2D eigenvalue weighted by Crippen LogP contribution is -2.59. The van der Waals surface area contributed by atoms with E-state index in [0.717, 1.165) is 31.5 Å². The zero-order chi connectivity index (χ0) is 15.7. The van der Waals surface area contributed by atoms with Gasteiger partial charge in [-0.2, -0.15) is 0 Å². The second-order valence-corrected chi connectivity index (χ2v) is 5.39. The molecule has 1 unspecified atom stereocenters. The van der Waals surface area contributed by atoms with Crippen molar-refractivity contribution in [3.05, 3.63) is 35.9 Å². The Morgan fingerprint density at radius 2 is 1.90 bits per heavy atom. The highest BCUT2D eigenvalue weighted by Gasteiger charge is 2.39. The van der Waals surface area contributed by atoms with Crippen molar-refractivity contribution in [1.29, 1.82) is 0 Å². The molecule has 0 spiro atoms. The highest BCUT2D eigenvalue weighted by atomic mass is 16.1. The van der Waals surface area contributed by atoms with Crippen molar-refractivity contribution in [3.8, 4) is 0 Å². The Morgan fingerprint density at radius 3 is 2.38 bits per heavy atom. The van der Waals surface area contributed by atoms with Crippen molar-refractivity contribution < 1.29 is 4.79 Å². The number of hydrogen-bond donors (Lipinski definition) is 2. The van der Waals surface area contributed by atoms with Gasteiger partial charge in [0.1, 0.15) is 5.54 Å². The summed E-state index contributed by atoms with van der Waals surface area (Å²) in [4.78, 5) is 14.6. The van der Waals surface area contributed by atoms with E-state index in [9.17, 15) is 4.79 Å². The third-order valence-electron chi connectivity index (χ3n) is 3.90. The SMILES string of the molecule is CCCCN(CC)CC(NCC)(C(N)=O)c1ccccc1. The number of carbonyl (C=O) groups excluding carboxylic acids is 1. The minimum atomic E-state index is -0.820. The molecule has 3 N–H and O–H groups in total. The van der Waals surface area contributed by atoms with Crippen LogP contribution < -0.4 is 11.1 Å². The summed E-state index contributed by atoms with van der Waals surface area (Å²) in [6.45, 7) is 9.51. The normalized spacial score (nSPS) is 14.1. The fourth-order valence-electron chi connectivity index (χ4n) is 2.65. The maximum atomic E-state index is 12.3. The van der Waals surface area contributed by atoms with Crippen LogP contribution in [0.15, 0.2) is 30.3 Å². The first-order valence-electron chi connectivity index (χ1n) is 7.93. The molecule has 0 heterocycles. The summed E-state index contributed by atoms with van der Waals surface area (Å²) in [5.41, 5.74) is 5.91. The standard InChI is InChI=1S/C17H29N3O/c1-4-7-13-20(6-3)14-17(16(18)21,19-5-2)15-11-9-8-10-12-15/h8-12,19H,4-7,13-14H2,1-3H3,(H2,18,21). The lowest BCUT2D eigenvalue weighted by molar-refractivity contribution is -0.125. The van der Waals surface area contributed by atoms with Crippen molar-refractivity contribution >= 4 is 5.91 Å². The van der Waals surface area contributed by atoms with Crippen molar-refractivity contribution in [2.75, 3.05) is 26.2 Å². The quantitative estimate of drug-likeness (QED) is 0.694. The predicted molar refractivity (Wildman–Crippen MR) is 88.0 cm³/mol. The molecule has 0 saturated heterocycles. The molecular weight excluding hydrogens is 262 g/mol. The first-order chi connectivity index (χ1) is 10.1. The molecule has 1 amide bonds. The summed E-state index contributed by atoms with van der Waals surface area (Å²) >= 11 is 0. The number of carbonyl (C=O) groups is 1. The molecule has 0 aliphatic heterocycles. The average Bonchev–Trinajstić information content (AvgIpc) is 2.51. The molecule has 0 saturated carbocycles. The molecule has 21 heavy (non-hydrogen) atoms. The minimum Gasteiger partial charge on any atom is -0.368 e. The van der Waals surface area contributed by atoms with Crippen LogP contribution in [0.5, 0.6) is 0 Å². The minimum absolute atomic E-state index is 0.314. The van der Waals surface area contributed by atoms with Gasteiger partial charge in [0.2, 0.25) is 5.91 Å². The summed E-state index contributed by atoms with van der Waals surface area (Å²) in [5.74, 6) is -0.314. The van der Waals surface area contributed by atoms with Crippen LogP contribution in [0.3, 0.4) is 0 Å². The Kier molecular flexibility index (Phi) is 7.40. The summed E-state index contributed by atoms with van der Waals surface area (Å²) in [6.07, 6.45) is 2.27. The Bertz CT molecular complexity index is 421. The van der Waals surface area contributed by atoms with Crippen LogP contribution in [-0.2, 0) is 10.3 Å². The van der Waals surface area contributed by atoms with Gasteiger partial charge in [0.25, 0.3) is 0 Å². The van der Waals surface area contributed by atoms with Gasteiger partial charge in [-0.25, -0.2) is 0 Å². The first-order valence-corrected chi connectivity index (χ1v) is 7.93. The maximum absolute atomic E-state index is 12.3. The molecule has 1 atom stereocenters. The van der Waals surface area contributed by atoms with Crippen LogP contribution in [-0.4, -0.2) is 37.0 Å². The molecular formula is C17H29N3O. The highest BCUT2D eigenvalue weighted by Crippen LogP contribution is 2.22. The Hall–Kier alpha value is -1.39. The van der Waals surface area contributed by atoms with Gasteiger partial charge in [0.05, 0.1) is 0 Å². The van der Waals surface area contributed by atoms with Crippen LogP contribution in [0.25, 0.3) is 0 Å². The van der Waals surface area contributed by atoms with E-state index in [1.807, 2.05) is 37.3 Å². The van der Waals surface area contributed by atoms with Gasteiger partial charge >= 0.3 is 0 Å². The molecule has 1 aromatic carbocycles. The summed E-state index contributed by atoms with van der Waals surface area (Å²) in [6, 6.07) is 9.80. The van der Waals surface area contributed by atoms with Gasteiger partial charge < -0.3 is 10.6 Å². The molecule has 0 radical (unpaired) electrons. The number of primary amides is 1. The molecule has 0 aliphatic rings. The molecule has 1 aromatic rings. The number of unbranched alkanes of at least 4 members (excludes halogenated alkanes) is 1. The van der Waals surface area contributed by atoms with Gasteiger partial charge in [-0.1, -0.05) is 57.5 Å². The number of nitrogens with one attached hydrogen (secondary N) is 1. The number of nitrogens with two attached hydrogens (primary N) is 1. The third kappa shape index (κ3) is 4.55. The number of nitrogens with zero attached hydrogens (tertiary/aromatic N) is 1. The molecule has 4 heteroatoms. The fourth-order valence-corrected chi connectivity index (χ4v) is 2.65. The van der Waals surface area contributed by atoms with Crippen LogP contribution >= 0.6 is 0 Å². The van der Waals surface area contributed by atoms with Crippen molar-refractivity contribution in [2.24, 2.45) is 5.73 Å². The van der Waals surface area contributed by atoms with E-state index in [1.54, 1.807) is 0 Å². The maximum Gasteiger partial charge on any atom is 0.243 e. The van der Waals surface area contributed by atoms with Crippen molar-refractivity contribution in [1.82, 2.24) is 10.2 Å². The summed E-state index contributed by atoms with van der Waals surface area (Å²) in [5, 5.41) is 3.34. The molecule has 118 valence electrons. The van der Waals surface area contributed by atoms with Gasteiger partial charge in [-0.05, 0) is 31.6 Å². The first kappa shape index (κ1) is 17.7. The highest BCUT2D eigenvalue weighted by molar-refractivity contribution is 5.86. The van der Waals surface area contributed by atoms with E-state index in [0.29, 0.717) is 13.1 Å². The lowest BCUT2D eigenvalue weighted by Gasteiger charge is -2.37. The van der Waals surface area contributed by atoms with Crippen LogP contribution in [0.2, 0.25) is 0 Å². The monoisotopic (exact) mass is 291 g/mol. The van der Waals surface area contributed by atoms with E-state index in [2.05, 4.69) is 24.1 Å². The van der Waals surface area contributed by atoms with E-state index < -0.39 is 5.54 Å². The fraction of sp³-hybridized carbons (Fsp3) is 0.588. The van der Waals surface area contributed by atoms with E-state index in [-0.39, 0.29) is 5.91 Å². The predicted octanol–water partition coefficient (Wildman–Crippen LogP) is 2.10. The molecule has 0 fully saturated rings. The largest absolute Gasteiger partial charge is 0.368 e. The van der Waals surface area contributed by atoms with Gasteiger partial charge in [0.15, 0.2) is 0 Å². The summed E-state index contributed by atoms with van der Waals surface area (Å²) in [7, 11) is 0. The van der Waals surface area contributed by atoms with E-state index >= 15 is 0 Å². The zero-order valence-corrected chi connectivity index (χ0v) is 13.6. The molecule has 0 aliphatic carbocycles. The third-order valence-corrected chi connectivity index (χ3v) is 3.90. The number of benzene rings is 1. The average molecular weight is 291 g/mol. The van der Waals surface area contributed by atoms with Crippen LogP contribution in [0.4, 0.5) is 0 Å². The molecule has 0 aromatic heterocycles. The Morgan fingerprint density at radius 1 is 1.24 bits per heavy atom. The topological polar surface area (TPSA) is 58.4 Å². The smallest absolute Gasteiger partial charge is 0.243 e. The Balaban J connectivity index is 3.08.